The summed E-state index contributed by atoms with van der Waals surface area (Å²) in [5, 5.41) is 12.8. The zero-order valence-electron chi connectivity index (χ0n) is 10.9. The molecule has 2 atom stereocenters. The van der Waals surface area contributed by atoms with Gasteiger partial charge in [-0.3, -0.25) is 24.0 Å². The van der Waals surface area contributed by atoms with E-state index >= 15 is 0 Å². The number of nitrogens with one attached hydrogen (secondary N) is 2. The lowest BCUT2D eigenvalue weighted by molar-refractivity contribution is -0.140. The highest BCUT2D eigenvalue weighted by Gasteiger charge is 2.27. The summed E-state index contributed by atoms with van der Waals surface area (Å²) in [6.45, 7) is 0. The molecule has 7 N–H and O–H groups in total. The van der Waals surface area contributed by atoms with Crippen molar-refractivity contribution in [2.45, 2.75) is 24.9 Å². The Bertz CT molecular complexity index is 455. The highest BCUT2D eigenvalue weighted by molar-refractivity contribution is 7.81. The summed E-state index contributed by atoms with van der Waals surface area (Å²) in [6, 6.07) is -2.82. The van der Waals surface area contributed by atoms with Gasteiger partial charge in [0.25, 0.3) is 0 Å². The molecule has 21 heavy (non-hydrogen) atoms. The van der Waals surface area contributed by atoms with Crippen LogP contribution >= 0.6 is 12.6 Å². The number of thiol groups is 1. The van der Waals surface area contributed by atoms with E-state index < -0.39 is 54.5 Å². The molecule has 118 valence electrons. The van der Waals surface area contributed by atoms with Gasteiger partial charge >= 0.3 is 5.97 Å². The highest BCUT2D eigenvalue weighted by atomic mass is 32.1. The zero-order valence-corrected chi connectivity index (χ0v) is 11.8. The van der Waals surface area contributed by atoms with Crippen LogP contribution in [0.3, 0.4) is 0 Å². The summed E-state index contributed by atoms with van der Waals surface area (Å²) < 4.78 is 0. The molecule has 4 amide bonds. The van der Waals surface area contributed by atoms with Crippen LogP contribution in [0.1, 0.15) is 12.8 Å². The molecule has 0 spiro atoms. The number of amides is 4. The highest BCUT2D eigenvalue weighted by Crippen LogP contribution is 1.97. The topological polar surface area (TPSA) is 182 Å². The molecule has 0 saturated heterocycles. The molecule has 0 aliphatic rings. The molecule has 11 heteroatoms. The average molecular weight is 320 g/mol. The van der Waals surface area contributed by atoms with Crippen molar-refractivity contribution in [1.82, 2.24) is 10.6 Å². The number of hydrogen-bond donors (Lipinski definition) is 6. The van der Waals surface area contributed by atoms with Gasteiger partial charge in [-0.2, -0.15) is 12.6 Å². The van der Waals surface area contributed by atoms with Crippen LogP contribution in [0, 0.1) is 0 Å². The van der Waals surface area contributed by atoms with Gasteiger partial charge in [0, 0.05) is 0 Å². The molecule has 0 saturated carbocycles. The van der Waals surface area contributed by atoms with Gasteiger partial charge in [-0.25, -0.2) is 0 Å². The minimum absolute atomic E-state index is 0.239. The molecule has 0 radical (unpaired) electrons. The van der Waals surface area contributed by atoms with Crippen molar-refractivity contribution in [1.29, 1.82) is 0 Å². The lowest BCUT2D eigenvalue weighted by atomic mass is 10.1. The molecule has 0 aromatic rings. The molecule has 0 aliphatic carbocycles. The van der Waals surface area contributed by atoms with E-state index in [1.54, 1.807) is 0 Å². The van der Waals surface area contributed by atoms with E-state index in [1.165, 1.54) is 0 Å². The van der Waals surface area contributed by atoms with Crippen molar-refractivity contribution in [2.24, 2.45) is 11.5 Å². The van der Waals surface area contributed by atoms with Crippen LogP contribution in [0.5, 0.6) is 0 Å². The molecule has 10 nitrogen and oxygen atoms in total. The normalized spacial score (nSPS) is 12.8. The SMILES string of the molecule is NC(=O)C[C@H](NC(=O)CS)C(=O)N[C@@H](CC(=O)O)C(N)=O. The second-order valence-corrected chi connectivity index (χ2v) is 4.33. The first-order chi connectivity index (χ1) is 9.67. The first-order valence-electron chi connectivity index (χ1n) is 5.67. The van der Waals surface area contributed by atoms with Crippen LogP contribution < -0.4 is 22.1 Å². The summed E-state index contributed by atoms with van der Waals surface area (Å²) in [4.78, 5) is 55.5. The van der Waals surface area contributed by atoms with E-state index in [0.717, 1.165) is 0 Å². The van der Waals surface area contributed by atoms with Crippen molar-refractivity contribution in [3.05, 3.63) is 0 Å². The number of hydrogen-bond acceptors (Lipinski definition) is 6. The molecule has 0 aromatic heterocycles. The number of carbonyl (C=O) groups excluding carboxylic acids is 4. The number of carbonyl (C=O) groups is 5. The number of carboxylic acids is 1. The molecule has 0 rings (SSSR count). The maximum Gasteiger partial charge on any atom is 0.305 e. The maximum atomic E-state index is 11.9. The fourth-order valence-corrected chi connectivity index (χ4v) is 1.41. The Hall–Kier alpha value is -2.30. The van der Waals surface area contributed by atoms with Crippen LogP contribution in [0.2, 0.25) is 0 Å². The molecule has 0 unspecified atom stereocenters. The minimum Gasteiger partial charge on any atom is -0.481 e. The first kappa shape index (κ1) is 18.7. The Morgan fingerprint density at radius 1 is 1.00 bits per heavy atom. The van der Waals surface area contributed by atoms with Gasteiger partial charge < -0.3 is 27.2 Å². The standard InChI is InChI=1S/C10H16N4O6S/c11-6(15)1-5(13-7(16)3-21)10(20)14-4(9(12)19)2-8(17)18/h4-5,21H,1-3H2,(H2,11,15)(H2,12,19)(H,13,16)(H,14,20)(H,17,18)/t4-,5-/m0/s1. The number of carboxylic acid groups (broad SMARTS) is 1. The van der Waals surface area contributed by atoms with Gasteiger partial charge in [0.2, 0.25) is 23.6 Å². The zero-order chi connectivity index (χ0) is 16.6. The van der Waals surface area contributed by atoms with E-state index in [9.17, 15) is 24.0 Å². The monoisotopic (exact) mass is 320 g/mol. The molecule has 0 bridgehead atoms. The van der Waals surface area contributed by atoms with Crippen LogP contribution in [-0.2, 0) is 24.0 Å². The smallest absolute Gasteiger partial charge is 0.305 e. The Balaban J connectivity index is 4.91. The number of rotatable bonds is 9. The van der Waals surface area contributed by atoms with Gasteiger partial charge in [-0.05, 0) is 0 Å². The van der Waals surface area contributed by atoms with E-state index in [1.807, 2.05) is 5.32 Å². The summed E-state index contributed by atoms with van der Waals surface area (Å²) >= 11 is 3.69. The molecule has 0 fully saturated rings. The third-order valence-corrected chi connectivity index (χ3v) is 2.53. The first-order valence-corrected chi connectivity index (χ1v) is 6.30. The minimum atomic E-state index is -1.47. The molecule has 0 aromatic carbocycles. The van der Waals surface area contributed by atoms with E-state index in [0.29, 0.717) is 0 Å². The van der Waals surface area contributed by atoms with E-state index in [4.69, 9.17) is 16.6 Å². The van der Waals surface area contributed by atoms with Crippen LogP contribution in [0.25, 0.3) is 0 Å². The Labute approximate surface area is 125 Å². The summed E-state index contributed by atoms with van der Waals surface area (Å²) in [7, 11) is 0. The van der Waals surface area contributed by atoms with Crippen molar-refractivity contribution in [3.63, 3.8) is 0 Å². The Morgan fingerprint density at radius 2 is 1.57 bits per heavy atom. The van der Waals surface area contributed by atoms with Crippen LogP contribution in [0.15, 0.2) is 0 Å². The third kappa shape index (κ3) is 7.77. The van der Waals surface area contributed by atoms with Crippen LogP contribution in [-0.4, -0.2) is 52.5 Å². The van der Waals surface area contributed by atoms with Crippen molar-refractivity contribution in [3.8, 4) is 0 Å². The van der Waals surface area contributed by atoms with Gasteiger partial charge in [0.05, 0.1) is 18.6 Å². The average Bonchev–Trinajstić information content (AvgIpc) is 2.35. The lowest BCUT2D eigenvalue weighted by Crippen LogP contribution is -2.54. The van der Waals surface area contributed by atoms with E-state index in [-0.39, 0.29) is 5.75 Å². The molecular weight excluding hydrogens is 304 g/mol. The largest absolute Gasteiger partial charge is 0.481 e. The van der Waals surface area contributed by atoms with Gasteiger partial charge in [0.15, 0.2) is 0 Å². The van der Waals surface area contributed by atoms with Gasteiger partial charge in [0.1, 0.15) is 12.1 Å². The fraction of sp³-hybridized carbons (Fsp3) is 0.500. The lowest BCUT2D eigenvalue weighted by Gasteiger charge is -2.20. The fourth-order valence-electron chi connectivity index (χ4n) is 1.32. The van der Waals surface area contributed by atoms with Gasteiger partial charge in [-0.15, -0.1) is 0 Å². The summed E-state index contributed by atoms with van der Waals surface area (Å²) in [5.41, 5.74) is 9.90. The quantitative estimate of drug-likeness (QED) is 0.242. The maximum absolute atomic E-state index is 11.9. The van der Waals surface area contributed by atoms with E-state index in [2.05, 4.69) is 17.9 Å². The molecule has 0 heterocycles. The number of aliphatic carboxylic acids is 1. The Kier molecular flexibility index (Phi) is 7.83. The predicted molar refractivity (Wildman–Crippen MR) is 73.0 cm³/mol. The van der Waals surface area contributed by atoms with Crippen LogP contribution in [0.4, 0.5) is 0 Å². The third-order valence-electron chi connectivity index (χ3n) is 2.24. The van der Waals surface area contributed by atoms with Crippen molar-refractivity contribution < 1.29 is 29.1 Å². The van der Waals surface area contributed by atoms with Crippen molar-refractivity contribution >= 4 is 42.2 Å². The van der Waals surface area contributed by atoms with Crippen molar-refractivity contribution in [2.75, 3.05) is 5.75 Å². The Morgan fingerprint density at radius 3 is 1.95 bits per heavy atom. The molecular formula is C10H16N4O6S. The predicted octanol–water partition coefficient (Wildman–Crippen LogP) is -3.28. The number of primary amides is 2. The second kappa shape index (κ2) is 8.79. The summed E-state index contributed by atoms with van der Waals surface area (Å²) in [6.07, 6.45) is -1.26. The number of nitrogens with two attached hydrogens (primary N) is 2. The molecule has 0 aliphatic heterocycles. The van der Waals surface area contributed by atoms with Gasteiger partial charge in [-0.1, -0.05) is 0 Å². The summed E-state index contributed by atoms with van der Waals surface area (Å²) in [5.74, 6) is -5.13. The second-order valence-electron chi connectivity index (χ2n) is 4.01.